The highest BCUT2D eigenvalue weighted by molar-refractivity contribution is 7.80. The molecule has 2 bridgehead atoms. The van der Waals surface area contributed by atoms with Gasteiger partial charge in [-0.3, -0.25) is 4.79 Å². The molecule has 1 heterocycles. The van der Waals surface area contributed by atoms with Crippen LogP contribution in [0.25, 0.3) is 0 Å². The number of hydrogen-bond acceptors (Lipinski definition) is 5. The van der Waals surface area contributed by atoms with Crippen LogP contribution in [0, 0.1) is 5.92 Å². The van der Waals surface area contributed by atoms with E-state index in [1.807, 2.05) is 0 Å². The highest BCUT2D eigenvalue weighted by Crippen LogP contribution is 2.58. The van der Waals surface area contributed by atoms with Crippen molar-refractivity contribution in [2.75, 3.05) is 25.9 Å². The molecule has 152 valence electrons. The Morgan fingerprint density at radius 3 is 3.00 bits per heavy atom. The molecule has 1 fully saturated rings. The van der Waals surface area contributed by atoms with E-state index in [2.05, 4.69) is 42.0 Å². The van der Waals surface area contributed by atoms with Crippen LogP contribution in [0.2, 0.25) is 0 Å². The summed E-state index contributed by atoms with van der Waals surface area (Å²) in [6.07, 6.45) is 9.40. The summed E-state index contributed by atoms with van der Waals surface area (Å²) < 4.78 is 0. The highest BCUT2D eigenvalue weighted by atomic mass is 32.1. The molecule has 2 aliphatic carbocycles. The molecule has 5 nitrogen and oxygen atoms in total. The van der Waals surface area contributed by atoms with Gasteiger partial charge in [-0.1, -0.05) is 12.2 Å². The lowest BCUT2D eigenvalue weighted by atomic mass is 9.53. The molecule has 4 rings (SSSR count). The van der Waals surface area contributed by atoms with Crippen molar-refractivity contribution < 1.29 is 15.0 Å². The SMILES string of the molecule is CN1CCC23CCC=CC2C1Cc1c(CCC(=O)NCCS)cc(O)c(O)c13. The minimum absolute atomic E-state index is 0.000117. The molecule has 28 heavy (non-hydrogen) atoms. The standard InChI is InChI=1S/C22H30N2O3S/c1-24-10-8-22-7-3-2-4-16(22)17(24)13-15-14(5-6-19(26)23-9-11-28)12-18(25)21(27)20(15)22/h2,4,12,16-17,25,27-28H,3,5-11,13H2,1H3,(H,23,26). The maximum Gasteiger partial charge on any atom is 0.220 e. The molecular weight excluding hydrogens is 372 g/mol. The Hall–Kier alpha value is -1.66. The fourth-order valence-electron chi connectivity index (χ4n) is 5.72. The normalized spacial score (nSPS) is 28.5. The van der Waals surface area contributed by atoms with Crippen LogP contribution >= 0.6 is 12.6 Å². The summed E-state index contributed by atoms with van der Waals surface area (Å²) in [6.45, 7) is 1.57. The zero-order valence-electron chi connectivity index (χ0n) is 16.4. The Morgan fingerprint density at radius 1 is 1.39 bits per heavy atom. The van der Waals surface area contributed by atoms with Crippen LogP contribution in [0.1, 0.15) is 42.4 Å². The minimum atomic E-state index is -0.106. The average Bonchev–Trinajstić information content (AvgIpc) is 2.70. The van der Waals surface area contributed by atoms with Gasteiger partial charge in [0.15, 0.2) is 11.5 Å². The van der Waals surface area contributed by atoms with Crippen molar-refractivity contribution in [3.05, 3.63) is 34.9 Å². The molecule has 6 heteroatoms. The molecule has 0 radical (unpaired) electrons. The van der Waals surface area contributed by atoms with Gasteiger partial charge in [-0.15, -0.1) is 0 Å². The maximum absolute atomic E-state index is 12.1. The average molecular weight is 403 g/mol. The summed E-state index contributed by atoms with van der Waals surface area (Å²) in [7, 11) is 2.19. The number of fused-ring (bicyclic) bond motifs is 1. The van der Waals surface area contributed by atoms with E-state index >= 15 is 0 Å². The Labute approximate surface area is 172 Å². The van der Waals surface area contributed by atoms with Crippen molar-refractivity contribution in [1.29, 1.82) is 0 Å². The van der Waals surface area contributed by atoms with Crippen LogP contribution in [0.5, 0.6) is 11.5 Å². The summed E-state index contributed by atoms with van der Waals surface area (Å²) in [5, 5.41) is 24.3. The van der Waals surface area contributed by atoms with Gasteiger partial charge in [-0.25, -0.2) is 0 Å². The van der Waals surface area contributed by atoms with E-state index in [-0.39, 0.29) is 22.8 Å². The molecule has 3 unspecified atom stereocenters. The fraction of sp³-hybridized carbons (Fsp3) is 0.591. The van der Waals surface area contributed by atoms with Gasteiger partial charge >= 0.3 is 0 Å². The van der Waals surface area contributed by atoms with Gasteiger partial charge in [0, 0.05) is 41.7 Å². The number of piperidine rings is 1. The van der Waals surface area contributed by atoms with Crippen LogP contribution in [-0.4, -0.2) is 53.0 Å². The number of allylic oxidation sites excluding steroid dienone is 1. The van der Waals surface area contributed by atoms with Gasteiger partial charge in [0.2, 0.25) is 5.91 Å². The molecule has 3 N–H and O–H groups in total. The number of nitrogens with zero attached hydrogens (tertiary/aromatic N) is 1. The van der Waals surface area contributed by atoms with Crippen LogP contribution in [0.3, 0.4) is 0 Å². The molecular formula is C22H30N2O3S. The van der Waals surface area contributed by atoms with E-state index in [1.165, 1.54) is 0 Å². The van der Waals surface area contributed by atoms with Gasteiger partial charge in [-0.05, 0) is 62.9 Å². The Kier molecular flexibility index (Phi) is 5.36. The molecule has 0 aromatic heterocycles. The fourth-order valence-corrected chi connectivity index (χ4v) is 5.84. The number of carbonyl (C=O) groups is 1. The largest absolute Gasteiger partial charge is 0.504 e. The first-order valence-corrected chi connectivity index (χ1v) is 10.9. The number of aromatic hydroxyl groups is 2. The third-order valence-electron chi connectivity index (χ3n) is 7.08. The lowest BCUT2D eigenvalue weighted by molar-refractivity contribution is -0.120. The van der Waals surface area contributed by atoms with Gasteiger partial charge in [0.25, 0.3) is 0 Å². The van der Waals surface area contributed by atoms with Gasteiger partial charge < -0.3 is 20.4 Å². The molecule has 1 amide bonds. The van der Waals surface area contributed by atoms with Crippen molar-refractivity contribution in [2.24, 2.45) is 5.92 Å². The van der Waals surface area contributed by atoms with Crippen LogP contribution in [0.15, 0.2) is 18.2 Å². The van der Waals surface area contributed by atoms with Crippen LogP contribution in [0.4, 0.5) is 0 Å². The Morgan fingerprint density at radius 2 is 2.21 bits per heavy atom. The number of rotatable bonds is 5. The Balaban J connectivity index is 1.74. The summed E-state index contributed by atoms with van der Waals surface area (Å²) in [4.78, 5) is 14.5. The maximum atomic E-state index is 12.1. The van der Waals surface area contributed by atoms with Crippen LogP contribution in [-0.2, 0) is 23.1 Å². The third kappa shape index (κ3) is 3.11. The van der Waals surface area contributed by atoms with E-state index in [4.69, 9.17) is 0 Å². The minimum Gasteiger partial charge on any atom is -0.504 e. The number of benzene rings is 1. The molecule has 1 aliphatic heterocycles. The van der Waals surface area contributed by atoms with E-state index < -0.39 is 0 Å². The first-order valence-electron chi connectivity index (χ1n) is 10.3. The second kappa shape index (κ2) is 7.64. The van der Waals surface area contributed by atoms with Crippen LogP contribution < -0.4 is 5.32 Å². The number of carbonyl (C=O) groups excluding carboxylic acids is 1. The molecule has 3 atom stereocenters. The van der Waals surface area contributed by atoms with E-state index in [0.29, 0.717) is 37.1 Å². The number of hydrogen-bond donors (Lipinski definition) is 4. The van der Waals surface area contributed by atoms with Crippen molar-refractivity contribution >= 4 is 18.5 Å². The third-order valence-corrected chi connectivity index (χ3v) is 7.30. The van der Waals surface area contributed by atoms with Crippen molar-refractivity contribution in [3.63, 3.8) is 0 Å². The van der Waals surface area contributed by atoms with E-state index in [1.54, 1.807) is 6.07 Å². The van der Waals surface area contributed by atoms with Gasteiger partial charge in [-0.2, -0.15) is 12.6 Å². The number of likely N-dealkylation sites (N-methyl/N-ethyl adjacent to an activating group) is 1. The van der Waals surface area contributed by atoms with Crippen molar-refractivity contribution in [2.45, 2.75) is 50.0 Å². The number of likely N-dealkylation sites (tertiary alicyclic amines) is 1. The number of amides is 1. The summed E-state index contributed by atoms with van der Waals surface area (Å²) in [6, 6.07) is 2.07. The lowest BCUT2D eigenvalue weighted by Gasteiger charge is -2.57. The first-order chi connectivity index (χ1) is 13.5. The second-order valence-electron chi connectivity index (χ2n) is 8.48. The summed E-state index contributed by atoms with van der Waals surface area (Å²) >= 11 is 4.13. The number of phenols is 2. The van der Waals surface area contributed by atoms with Crippen molar-refractivity contribution in [1.82, 2.24) is 10.2 Å². The quantitative estimate of drug-likeness (QED) is 0.347. The monoisotopic (exact) mass is 402 g/mol. The molecule has 0 spiro atoms. The molecule has 1 aromatic rings. The predicted octanol–water partition coefficient (Wildman–Crippen LogP) is 2.54. The molecule has 0 saturated carbocycles. The first kappa shape index (κ1) is 19.6. The number of nitrogens with one attached hydrogen (secondary N) is 1. The molecule has 3 aliphatic rings. The zero-order chi connectivity index (χ0) is 19.9. The van der Waals surface area contributed by atoms with E-state index in [9.17, 15) is 15.0 Å². The summed E-state index contributed by atoms with van der Waals surface area (Å²) in [5.74, 6) is 0.991. The topological polar surface area (TPSA) is 72.8 Å². The number of thiol groups is 1. The highest BCUT2D eigenvalue weighted by Gasteiger charge is 2.54. The summed E-state index contributed by atoms with van der Waals surface area (Å²) in [5.41, 5.74) is 3.00. The number of aryl methyl sites for hydroxylation is 1. The van der Waals surface area contributed by atoms with E-state index in [0.717, 1.165) is 48.9 Å². The zero-order valence-corrected chi connectivity index (χ0v) is 17.3. The van der Waals surface area contributed by atoms with Crippen molar-refractivity contribution in [3.8, 4) is 11.5 Å². The number of phenolic OH excluding ortho intramolecular Hbond substituents is 2. The van der Waals surface area contributed by atoms with Gasteiger partial charge in [0.05, 0.1) is 0 Å². The molecule has 1 aromatic carbocycles. The predicted molar refractivity (Wildman–Crippen MR) is 113 cm³/mol. The Bertz CT molecular complexity index is 809. The molecule has 1 saturated heterocycles. The van der Waals surface area contributed by atoms with Gasteiger partial charge in [0.1, 0.15) is 0 Å². The lowest BCUT2D eigenvalue weighted by Crippen LogP contribution is -2.59. The second-order valence-corrected chi connectivity index (χ2v) is 8.93. The smallest absolute Gasteiger partial charge is 0.220 e.